The van der Waals surface area contributed by atoms with Crippen LogP contribution in [0.2, 0.25) is 0 Å². The fraction of sp³-hybridized carbons (Fsp3) is 0.250. The van der Waals surface area contributed by atoms with Crippen molar-refractivity contribution < 1.29 is 0 Å². The van der Waals surface area contributed by atoms with Crippen LogP contribution in [-0.2, 0) is 0 Å². The first-order chi connectivity index (χ1) is 4.81. The van der Waals surface area contributed by atoms with E-state index in [4.69, 9.17) is 0 Å². The Balaban J connectivity index is 3.90. The van der Waals surface area contributed by atoms with Crippen molar-refractivity contribution in [1.29, 1.82) is 0 Å². The highest BCUT2D eigenvalue weighted by molar-refractivity contribution is 5.20. The maximum absolute atomic E-state index is 9.56. The molecule has 54 valence electrons. The minimum absolute atomic E-state index is 1.10. The van der Waals surface area contributed by atoms with E-state index in [1.54, 1.807) is 6.08 Å². The molecule has 0 aliphatic rings. The zero-order valence-electron chi connectivity index (χ0n) is 6.24. The van der Waals surface area contributed by atoms with Crippen LogP contribution in [0, 0.1) is 4.91 Å². The Kier molecular flexibility index (Phi) is 5.25. The van der Waals surface area contributed by atoms with Gasteiger partial charge in [-0.05, 0) is 25.1 Å². The van der Waals surface area contributed by atoms with Crippen molar-refractivity contribution in [2.24, 2.45) is 5.18 Å². The lowest BCUT2D eigenvalue weighted by atomic mass is 10.2. The molecule has 0 spiro atoms. The summed E-state index contributed by atoms with van der Waals surface area (Å²) in [7, 11) is 0. The van der Waals surface area contributed by atoms with Crippen molar-refractivity contribution in [3.63, 3.8) is 0 Å². The molecule has 0 aliphatic heterocycles. The molecule has 0 saturated carbocycles. The molecule has 0 aliphatic carbocycles. The minimum atomic E-state index is 1.10. The van der Waals surface area contributed by atoms with Crippen LogP contribution >= 0.6 is 0 Å². The number of hydrogen-bond donors (Lipinski definition) is 0. The molecule has 0 aromatic rings. The Bertz CT molecular complexity index is 178. The van der Waals surface area contributed by atoms with Gasteiger partial charge in [0.05, 0.1) is 6.20 Å². The Morgan fingerprint density at radius 3 is 2.70 bits per heavy atom. The highest BCUT2D eigenvalue weighted by atomic mass is 16.2. The normalized spacial score (nSPS) is 13.2. The fourth-order valence-electron chi connectivity index (χ4n) is 0.548. The van der Waals surface area contributed by atoms with E-state index in [1.807, 2.05) is 32.1 Å². The lowest BCUT2D eigenvalue weighted by molar-refractivity contribution is 1.48. The summed E-state index contributed by atoms with van der Waals surface area (Å²) in [6.07, 6.45) is 8.54. The van der Waals surface area contributed by atoms with Gasteiger partial charge < -0.3 is 0 Å². The standard InChI is InChI=1S/C8H11NO/c1-3-5-8(2)6-4-7-9-10/h3-7H,1-2H3/b5-3-,7-4+,8-6-. The lowest BCUT2D eigenvalue weighted by Gasteiger charge is -1.83. The summed E-state index contributed by atoms with van der Waals surface area (Å²) in [4.78, 5) is 9.56. The van der Waals surface area contributed by atoms with Gasteiger partial charge in [-0.15, -0.1) is 4.91 Å². The number of nitrogens with zero attached hydrogens (tertiary/aromatic N) is 1. The zero-order valence-corrected chi connectivity index (χ0v) is 6.24. The third-order valence-electron chi connectivity index (χ3n) is 0.936. The van der Waals surface area contributed by atoms with Gasteiger partial charge in [-0.3, -0.25) is 0 Å². The van der Waals surface area contributed by atoms with Crippen molar-refractivity contribution in [2.75, 3.05) is 0 Å². The van der Waals surface area contributed by atoms with E-state index in [2.05, 4.69) is 5.18 Å². The molecular weight excluding hydrogens is 126 g/mol. The van der Waals surface area contributed by atoms with E-state index in [1.165, 1.54) is 6.20 Å². The van der Waals surface area contributed by atoms with Gasteiger partial charge in [0.1, 0.15) is 0 Å². The summed E-state index contributed by atoms with van der Waals surface area (Å²) in [5, 5.41) is 2.57. The van der Waals surface area contributed by atoms with E-state index in [9.17, 15) is 4.91 Å². The van der Waals surface area contributed by atoms with Crippen LogP contribution in [-0.4, -0.2) is 0 Å². The van der Waals surface area contributed by atoms with Crippen molar-refractivity contribution in [2.45, 2.75) is 13.8 Å². The first kappa shape index (κ1) is 8.82. The molecule has 2 heteroatoms. The van der Waals surface area contributed by atoms with E-state index >= 15 is 0 Å². The second-order valence-corrected chi connectivity index (χ2v) is 1.86. The minimum Gasteiger partial charge on any atom is -0.145 e. The molecule has 0 amide bonds. The Morgan fingerprint density at radius 2 is 2.20 bits per heavy atom. The van der Waals surface area contributed by atoms with Gasteiger partial charge in [-0.2, -0.15) is 0 Å². The molecule has 0 heterocycles. The first-order valence-electron chi connectivity index (χ1n) is 3.10. The number of nitroso groups, excluding NO2 is 1. The van der Waals surface area contributed by atoms with E-state index in [0.29, 0.717) is 0 Å². The second kappa shape index (κ2) is 5.95. The molecule has 0 aromatic carbocycles. The largest absolute Gasteiger partial charge is 0.145 e. The van der Waals surface area contributed by atoms with Gasteiger partial charge in [0.15, 0.2) is 0 Å². The van der Waals surface area contributed by atoms with Gasteiger partial charge in [-0.1, -0.05) is 23.8 Å². The van der Waals surface area contributed by atoms with Crippen molar-refractivity contribution in [3.8, 4) is 0 Å². The van der Waals surface area contributed by atoms with Gasteiger partial charge in [-0.25, -0.2) is 0 Å². The molecule has 0 atom stereocenters. The van der Waals surface area contributed by atoms with Crippen LogP contribution in [0.4, 0.5) is 0 Å². The summed E-state index contributed by atoms with van der Waals surface area (Å²) < 4.78 is 0. The molecule has 0 rings (SSSR count). The molecule has 10 heavy (non-hydrogen) atoms. The molecule has 2 nitrogen and oxygen atoms in total. The van der Waals surface area contributed by atoms with Gasteiger partial charge in [0.25, 0.3) is 0 Å². The quantitative estimate of drug-likeness (QED) is 0.434. The van der Waals surface area contributed by atoms with E-state index in [-0.39, 0.29) is 0 Å². The third kappa shape index (κ3) is 4.97. The van der Waals surface area contributed by atoms with Crippen LogP contribution < -0.4 is 0 Å². The summed E-state index contributed by atoms with van der Waals surface area (Å²) >= 11 is 0. The Hall–Kier alpha value is -1.18. The molecule has 0 unspecified atom stereocenters. The molecule has 0 fully saturated rings. The van der Waals surface area contributed by atoms with Crippen LogP contribution in [0.1, 0.15) is 13.8 Å². The van der Waals surface area contributed by atoms with Crippen molar-refractivity contribution >= 4 is 0 Å². The number of hydrogen-bond acceptors (Lipinski definition) is 2. The fourth-order valence-corrected chi connectivity index (χ4v) is 0.548. The predicted octanol–water partition coefficient (Wildman–Crippen LogP) is 2.79. The molecule has 0 N–H and O–H groups in total. The Labute approximate surface area is 60.9 Å². The van der Waals surface area contributed by atoms with Crippen molar-refractivity contribution in [3.05, 3.63) is 41.0 Å². The average molecular weight is 137 g/mol. The average Bonchev–Trinajstić information content (AvgIpc) is 1.89. The number of allylic oxidation sites excluding steroid dienone is 5. The highest BCUT2D eigenvalue weighted by Crippen LogP contribution is 1.94. The second-order valence-electron chi connectivity index (χ2n) is 1.86. The van der Waals surface area contributed by atoms with Crippen LogP contribution in [0.3, 0.4) is 0 Å². The Morgan fingerprint density at radius 1 is 1.50 bits per heavy atom. The van der Waals surface area contributed by atoms with Crippen molar-refractivity contribution in [1.82, 2.24) is 0 Å². The van der Waals surface area contributed by atoms with E-state index in [0.717, 1.165) is 5.57 Å². The SMILES string of the molecule is C\C=C/C(C)=C\C=C\N=O. The maximum Gasteiger partial charge on any atom is 0.0714 e. The maximum atomic E-state index is 9.56. The molecular formula is C8H11NO. The molecule has 0 saturated heterocycles. The lowest BCUT2D eigenvalue weighted by Crippen LogP contribution is -1.62. The summed E-state index contributed by atoms with van der Waals surface area (Å²) in [5.74, 6) is 0. The monoisotopic (exact) mass is 137 g/mol. The van der Waals surface area contributed by atoms with Crippen LogP contribution in [0.15, 0.2) is 41.3 Å². The third-order valence-corrected chi connectivity index (χ3v) is 0.936. The van der Waals surface area contributed by atoms with Gasteiger partial charge >= 0.3 is 0 Å². The smallest absolute Gasteiger partial charge is 0.0714 e. The van der Waals surface area contributed by atoms with Gasteiger partial charge in [0, 0.05) is 0 Å². The first-order valence-corrected chi connectivity index (χ1v) is 3.10. The summed E-state index contributed by atoms with van der Waals surface area (Å²) in [5.41, 5.74) is 1.10. The molecule has 0 aromatic heterocycles. The van der Waals surface area contributed by atoms with Crippen LogP contribution in [0.5, 0.6) is 0 Å². The molecule has 0 radical (unpaired) electrons. The topological polar surface area (TPSA) is 29.4 Å². The van der Waals surface area contributed by atoms with Gasteiger partial charge in [0.2, 0.25) is 0 Å². The van der Waals surface area contributed by atoms with Crippen LogP contribution in [0.25, 0.3) is 0 Å². The van der Waals surface area contributed by atoms with E-state index < -0.39 is 0 Å². The summed E-state index contributed by atoms with van der Waals surface area (Å²) in [6, 6.07) is 0. The number of rotatable bonds is 3. The predicted molar refractivity (Wildman–Crippen MR) is 43.5 cm³/mol. The molecule has 0 bridgehead atoms. The highest BCUT2D eigenvalue weighted by Gasteiger charge is 1.74. The summed E-state index contributed by atoms with van der Waals surface area (Å²) in [6.45, 7) is 3.90. The zero-order chi connectivity index (χ0) is 7.82.